The topological polar surface area (TPSA) is 69.7 Å². The van der Waals surface area contributed by atoms with E-state index in [1.807, 2.05) is 30.3 Å². The molecular formula is C18H21N3O3S. The Labute approximate surface area is 148 Å². The Morgan fingerprint density at radius 3 is 2.24 bits per heavy atom. The van der Waals surface area contributed by atoms with Crippen molar-refractivity contribution in [2.45, 2.75) is 17.4 Å². The van der Waals surface area contributed by atoms with Crippen LogP contribution in [0.4, 0.5) is 10.5 Å². The number of benzene rings is 2. The molecule has 1 N–H and O–H groups in total. The predicted octanol–water partition coefficient (Wildman–Crippen LogP) is 2.92. The summed E-state index contributed by atoms with van der Waals surface area (Å²) in [6.45, 7) is 0.707. The monoisotopic (exact) mass is 359 g/mol. The average Bonchev–Trinajstić information content (AvgIpc) is 2.55. The number of urea groups is 1. The molecule has 2 aromatic rings. The fourth-order valence-electron chi connectivity index (χ4n) is 2.77. The van der Waals surface area contributed by atoms with E-state index in [9.17, 15) is 13.2 Å². The third-order valence-electron chi connectivity index (χ3n) is 4.35. The first-order chi connectivity index (χ1) is 11.9. The normalized spacial score (nSPS) is 17.2. The van der Waals surface area contributed by atoms with Crippen molar-refractivity contribution in [1.29, 1.82) is 0 Å². The number of rotatable bonds is 4. The summed E-state index contributed by atoms with van der Waals surface area (Å²) >= 11 is 0. The van der Waals surface area contributed by atoms with Crippen LogP contribution in [0.5, 0.6) is 0 Å². The Hall–Kier alpha value is -2.38. The van der Waals surface area contributed by atoms with Crippen LogP contribution >= 0.6 is 0 Å². The minimum atomic E-state index is -3.47. The summed E-state index contributed by atoms with van der Waals surface area (Å²) in [5.41, 5.74) is 1.69. The zero-order valence-electron chi connectivity index (χ0n) is 14.2. The number of carbonyl (C=O) groups is 1. The first kappa shape index (κ1) is 17.4. The number of anilines is 1. The molecule has 0 aromatic heterocycles. The molecule has 0 spiro atoms. The van der Waals surface area contributed by atoms with E-state index >= 15 is 0 Å². The SMILES string of the molecule is CN(C)S(=O)(=O)c1ccc(NC(=O)N2CCC2c2ccccc2)cc1. The zero-order chi connectivity index (χ0) is 18.0. The third-order valence-corrected chi connectivity index (χ3v) is 6.18. The van der Waals surface area contributed by atoms with Gasteiger partial charge in [0.05, 0.1) is 10.9 Å². The molecule has 1 fully saturated rings. The Bertz CT molecular complexity index is 849. The van der Waals surface area contributed by atoms with Gasteiger partial charge < -0.3 is 10.2 Å². The summed E-state index contributed by atoms with van der Waals surface area (Å²) in [6.07, 6.45) is 0.942. The van der Waals surface area contributed by atoms with Gasteiger partial charge in [0.15, 0.2) is 0 Å². The molecule has 1 atom stereocenters. The van der Waals surface area contributed by atoms with E-state index < -0.39 is 10.0 Å². The smallest absolute Gasteiger partial charge is 0.317 e. The number of likely N-dealkylation sites (tertiary alicyclic amines) is 1. The summed E-state index contributed by atoms with van der Waals surface area (Å²) in [5.74, 6) is 0. The van der Waals surface area contributed by atoms with Crippen LogP contribution in [-0.2, 0) is 10.0 Å². The third kappa shape index (κ3) is 3.52. The molecular weight excluding hydrogens is 338 g/mol. The molecule has 25 heavy (non-hydrogen) atoms. The van der Waals surface area contributed by atoms with E-state index in [0.717, 1.165) is 16.3 Å². The Kier molecular flexibility index (Phi) is 4.78. The largest absolute Gasteiger partial charge is 0.322 e. The summed E-state index contributed by atoms with van der Waals surface area (Å²) in [7, 11) is -0.497. The van der Waals surface area contributed by atoms with E-state index in [0.29, 0.717) is 12.2 Å². The molecule has 0 aliphatic carbocycles. The van der Waals surface area contributed by atoms with Crippen LogP contribution in [-0.4, -0.2) is 44.3 Å². The molecule has 1 aliphatic heterocycles. The number of sulfonamides is 1. The van der Waals surface area contributed by atoms with E-state index in [1.165, 1.54) is 26.2 Å². The first-order valence-corrected chi connectivity index (χ1v) is 9.49. The fraction of sp³-hybridized carbons (Fsp3) is 0.278. The molecule has 1 aliphatic rings. The molecule has 0 bridgehead atoms. The van der Waals surface area contributed by atoms with Gasteiger partial charge in [0.25, 0.3) is 0 Å². The lowest BCUT2D eigenvalue weighted by molar-refractivity contribution is 0.126. The summed E-state index contributed by atoms with van der Waals surface area (Å²) in [4.78, 5) is 14.4. The van der Waals surface area contributed by atoms with Crippen molar-refractivity contribution >= 4 is 21.7 Å². The van der Waals surface area contributed by atoms with Gasteiger partial charge in [-0.3, -0.25) is 0 Å². The summed E-state index contributed by atoms with van der Waals surface area (Å²) in [5, 5.41) is 2.83. The predicted molar refractivity (Wildman–Crippen MR) is 96.8 cm³/mol. The van der Waals surface area contributed by atoms with Gasteiger partial charge in [-0.15, -0.1) is 0 Å². The quantitative estimate of drug-likeness (QED) is 0.912. The molecule has 6 nitrogen and oxygen atoms in total. The van der Waals surface area contributed by atoms with Gasteiger partial charge >= 0.3 is 6.03 Å². The fourth-order valence-corrected chi connectivity index (χ4v) is 3.67. The molecule has 0 radical (unpaired) electrons. The Morgan fingerprint density at radius 1 is 1.08 bits per heavy atom. The van der Waals surface area contributed by atoms with E-state index in [4.69, 9.17) is 0 Å². The van der Waals surface area contributed by atoms with Crippen LogP contribution in [0.1, 0.15) is 18.0 Å². The second-order valence-electron chi connectivity index (χ2n) is 6.15. The maximum Gasteiger partial charge on any atom is 0.322 e. The minimum absolute atomic E-state index is 0.0922. The maximum atomic E-state index is 12.5. The highest BCUT2D eigenvalue weighted by Crippen LogP contribution is 2.33. The zero-order valence-corrected chi connectivity index (χ0v) is 15.0. The molecule has 0 saturated carbocycles. The van der Waals surface area contributed by atoms with Crippen molar-refractivity contribution in [2.24, 2.45) is 0 Å². The molecule has 1 saturated heterocycles. The molecule has 2 aromatic carbocycles. The number of hydrogen-bond donors (Lipinski definition) is 1. The number of nitrogens with zero attached hydrogens (tertiary/aromatic N) is 2. The van der Waals surface area contributed by atoms with Crippen LogP contribution in [0.15, 0.2) is 59.5 Å². The average molecular weight is 359 g/mol. The highest BCUT2D eigenvalue weighted by atomic mass is 32.2. The van der Waals surface area contributed by atoms with Crippen LogP contribution in [0.3, 0.4) is 0 Å². The highest BCUT2D eigenvalue weighted by molar-refractivity contribution is 7.89. The molecule has 3 rings (SSSR count). The highest BCUT2D eigenvalue weighted by Gasteiger charge is 2.33. The number of nitrogens with one attached hydrogen (secondary N) is 1. The van der Waals surface area contributed by atoms with Crippen molar-refractivity contribution in [2.75, 3.05) is 26.0 Å². The molecule has 7 heteroatoms. The van der Waals surface area contributed by atoms with Crippen molar-refractivity contribution < 1.29 is 13.2 Å². The number of carbonyl (C=O) groups excluding carboxylic acids is 1. The van der Waals surface area contributed by atoms with Gasteiger partial charge in [0, 0.05) is 26.3 Å². The molecule has 2 amide bonds. The first-order valence-electron chi connectivity index (χ1n) is 8.05. The number of amides is 2. The lowest BCUT2D eigenvalue weighted by Crippen LogP contribution is -2.47. The van der Waals surface area contributed by atoms with E-state index in [1.54, 1.807) is 17.0 Å². The van der Waals surface area contributed by atoms with Gasteiger partial charge in [-0.1, -0.05) is 30.3 Å². The lowest BCUT2D eigenvalue weighted by atomic mass is 9.95. The van der Waals surface area contributed by atoms with Gasteiger partial charge in [0.2, 0.25) is 10.0 Å². The van der Waals surface area contributed by atoms with Crippen LogP contribution < -0.4 is 5.32 Å². The van der Waals surface area contributed by atoms with Crippen molar-refractivity contribution in [3.05, 3.63) is 60.2 Å². The lowest BCUT2D eigenvalue weighted by Gasteiger charge is -2.41. The minimum Gasteiger partial charge on any atom is -0.317 e. The number of hydrogen-bond acceptors (Lipinski definition) is 3. The maximum absolute atomic E-state index is 12.5. The second kappa shape index (κ2) is 6.85. The van der Waals surface area contributed by atoms with Crippen LogP contribution in [0.2, 0.25) is 0 Å². The second-order valence-corrected chi connectivity index (χ2v) is 8.30. The summed E-state index contributed by atoms with van der Waals surface area (Å²) < 4.78 is 25.3. The van der Waals surface area contributed by atoms with Crippen LogP contribution in [0.25, 0.3) is 0 Å². The standard InChI is InChI=1S/C18H21N3O3S/c1-20(2)25(23,24)16-10-8-15(9-11-16)19-18(22)21-13-12-17(21)14-6-4-3-5-7-14/h3-11,17H,12-13H2,1-2H3,(H,19,22). The van der Waals surface area contributed by atoms with E-state index in [2.05, 4.69) is 5.32 Å². The van der Waals surface area contributed by atoms with E-state index in [-0.39, 0.29) is 17.0 Å². The van der Waals surface area contributed by atoms with Gasteiger partial charge in [0.1, 0.15) is 0 Å². The van der Waals surface area contributed by atoms with Crippen LogP contribution in [0, 0.1) is 0 Å². The van der Waals surface area contributed by atoms with Gasteiger partial charge in [-0.2, -0.15) is 0 Å². The van der Waals surface area contributed by atoms with Crippen molar-refractivity contribution in [3.63, 3.8) is 0 Å². The Morgan fingerprint density at radius 2 is 1.72 bits per heavy atom. The molecule has 132 valence electrons. The Balaban J connectivity index is 1.68. The van der Waals surface area contributed by atoms with Crippen molar-refractivity contribution in [1.82, 2.24) is 9.21 Å². The van der Waals surface area contributed by atoms with Crippen molar-refractivity contribution in [3.8, 4) is 0 Å². The summed E-state index contributed by atoms with van der Waals surface area (Å²) in [6, 6.07) is 16.0. The van der Waals surface area contributed by atoms with Gasteiger partial charge in [-0.25, -0.2) is 17.5 Å². The molecule has 1 heterocycles. The molecule has 1 unspecified atom stereocenters. The van der Waals surface area contributed by atoms with Gasteiger partial charge in [-0.05, 0) is 36.2 Å².